The van der Waals surface area contributed by atoms with Gasteiger partial charge in [0.25, 0.3) is 0 Å². The van der Waals surface area contributed by atoms with Crippen molar-refractivity contribution in [1.82, 2.24) is 10.2 Å². The van der Waals surface area contributed by atoms with Gasteiger partial charge in [0.05, 0.1) is 6.04 Å². The van der Waals surface area contributed by atoms with Gasteiger partial charge < -0.3 is 10.2 Å². The van der Waals surface area contributed by atoms with Crippen molar-refractivity contribution in [2.24, 2.45) is 0 Å². The monoisotopic (exact) mass is 182 g/mol. The molecule has 1 N–H and O–H groups in total. The quantitative estimate of drug-likeness (QED) is 0.649. The van der Waals surface area contributed by atoms with Gasteiger partial charge in [0.1, 0.15) is 0 Å². The molecular weight excluding hydrogens is 164 g/mol. The minimum atomic E-state index is 0.131. The number of carbonyl (C=O) groups excluding carboxylic acids is 1. The van der Waals surface area contributed by atoms with Gasteiger partial charge in [0.2, 0.25) is 5.91 Å². The number of nitrogens with one attached hydrogen (secondary N) is 1. The number of hydrogen-bond donors (Lipinski definition) is 1. The second-order valence-electron chi connectivity index (χ2n) is 4.03. The summed E-state index contributed by atoms with van der Waals surface area (Å²) < 4.78 is 0. The third-order valence-corrected chi connectivity index (χ3v) is 3.03. The number of likely N-dealkylation sites (tertiary alicyclic amines) is 1. The summed E-state index contributed by atoms with van der Waals surface area (Å²) in [6.45, 7) is 2.98. The number of hydrogen-bond acceptors (Lipinski definition) is 2. The van der Waals surface area contributed by atoms with Gasteiger partial charge in [-0.3, -0.25) is 4.79 Å². The summed E-state index contributed by atoms with van der Waals surface area (Å²) in [6.07, 6.45) is 5.85. The van der Waals surface area contributed by atoms with Gasteiger partial charge in [-0.1, -0.05) is 6.42 Å². The molecule has 3 heteroatoms. The van der Waals surface area contributed by atoms with Gasteiger partial charge in [0, 0.05) is 13.1 Å². The number of piperidine rings is 1. The predicted octanol–water partition coefficient (Wildman–Crippen LogP) is 0.751. The van der Waals surface area contributed by atoms with Gasteiger partial charge in [-0.15, -0.1) is 0 Å². The lowest BCUT2D eigenvalue weighted by Gasteiger charge is -2.26. The first kappa shape index (κ1) is 9.00. The molecule has 3 nitrogen and oxygen atoms in total. The van der Waals surface area contributed by atoms with Crippen molar-refractivity contribution in [1.29, 1.82) is 0 Å². The molecule has 0 spiro atoms. The number of nitrogens with zero attached hydrogens (tertiary/aromatic N) is 1. The average molecular weight is 182 g/mol. The van der Waals surface area contributed by atoms with Crippen molar-refractivity contribution >= 4 is 5.91 Å². The van der Waals surface area contributed by atoms with E-state index in [-0.39, 0.29) is 6.04 Å². The van der Waals surface area contributed by atoms with Gasteiger partial charge >= 0.3 is 0 Å². The topological polar surface area (TPSA) is 32.3 Å². The van der Waals surface area contributed by atoms with Crippen LogP contribution in [0.15, 0.2) is 0 Å². The standard InChI is InChI=1S/C10H18N2O/c13-10(12-7-3-4-8-12)9-5-1-2-6-11-9/h9,11H,1-8H2/t9-/m0/s1. The van der Waals surface area contributed by atoms with Crippen LogP contribution in [0.2, 0.25) is 0 Å². The SMILES string of the molecule is O=C([C@@H]1CCCCN1)N1CCCC1. The van der Waals surface area contributed by atoms with Gasteiger partial charge in [-0.05, 0) is 32.2 Å². The van der Waals surface area contributed by atoms with Gasteiger partial charge in [0.15, 0.2) is 0 Å². The number of rotatable bonds is 1. The zero-order valence-corrected chi connectivity index (χ0v) is 8.09. The second-order valence-corrected chi connectivity index (χ2v) is 4.03. The summed E-state index contributed by atoms with van der Waals surface area (Å²) in [5.41, 5.74) is 0. The van der Waals surface area contributed by atoms with Crippen molar-refractivity contribution in [3.63, 3.8) is 0 Å². The van der Waals surface area contributed by atoms with E-state index >= 15 is 0 Å². The van der Waals surface area contributed by atoms with E-state index in [1.54, 1.807) is 0 Å². The zero-order valence-electron chi connectivity index (χ0n) is 8.09. The Balaban J connectivity index is 1.87. The smallest absolute Gasteiger partial charge is 0.239 e. The Kier molecular flexibility index (Phi) is 2.83. The lowest BCUT2D eigenvalue weighted by atomic mass is 10.0. The minimum Gasteiger partial charge on any atom is -0.341 e. The first-order valence-corrected chi connectivity index (χ1v) is 5.40. The highest BCUT2D eigenvalue weighted by Gasteiger charge is 2.26. The fraction of sp³-hybridized carbons (Fsp3) is 0.900. The summed E-state index contributed by atoms with van der Waals surface area (Å²) in [5.74, 6) is 0.345. The van der Waals surface area contributed by atoms with Crippen molar-refractivity contribution in [3.05, 3.63) is 0 Å². The Labute approximate surface area is 79.5 Å². The van der Waals surface area contributed by atoms with E-state index in [4.69, 9.17) is 0 Å². The molecular formula is C10H18N2O. The largest absolute Gasteiger partial charge is 0.341 e. The van der Waals surface area contributed by atoms with E-state index < -0.39 is 0 Å². The highest BCUT2D eigenvalue weighted by atomic mass is 16.2. The van der Waals surface area contributed by atoms with Gasteiger partial charge in [-0.2, -0.15) is 0 Å². The maximum atomic E-state index is 11.9. The molecule has 2 aliphatic rings. The summed E-state index contributed by atoms with van der Waals surface area (Å²) >= 11 is 0. The molecule has 0 saturated carbocycles. The van der Waals surface area contributed by atoms with Crippen LogP contribution >= 0.6 is 0 Å². The molecule has 0 aromatic heterocycles. The molecule has 0 aliphatic carbocycles. The van der Waals surface area contributed by atoms with E-state index in [0.717, 1.165) is 26.1 Å². The van der Waals surface area contributed by atoms with Crippen molar-refractivity contribution < 1.29 is 4.79 Å². The first-order chi connectivity index (χ1) is 6.38. The van der Waals surface area contributed by atoms with Crippen LogP contribution in [0.5, 0.6) is 0 Å². The normalized spacial score (nSPS) is 29.2. The average Bonchev–Trinajstić information content (AvgIpc) is 2.71. The van der Waals surface area contributed by atoms with Crippen LogP contribution in [-0.2, 0) is 4.79 Å². The molecule has 0 aromatic carbocycles. The Morgan fingerprint density at radius 3 is 2.54 bits per heavy atom. The Bertz CT molecular complexity index is 181. The zero-order chi connectivity index (χ0) is 9.10. The van der Waals surface area contributed by atoms with Crippen LogP contribution in [0.1, 0.15) is 32.1 Å². The van der Waals surface area contributed by atoms with Crippen molar-refractivity contribution in [3.8, 4) is 0 Å². The maximum Gasteiger partial charge on any atom is 0.239 e. The highest BCUT2D eigenvalue weighted by Crippen LogP contribution is 2.14. The van der Waals surface area contributed by atoms with Gasteiger partial charge in [-0.25, -0.2) is 0 Å². The highest BCUT2D eigenvalue weighted by molar-refractivity contribution is 5.82. The predicted molar refractivity (Wildman–Crippen MR) is 51.5 cm³/mol. The summed E-state index contributed by atoms with van der Waals surface area (Å²) in [5, 5.41) is 3.30. The lowest BCUT2D eigenvalue weighted by Crippen LogP contribution is -2.47. The molecule has 0 radical (unpaired) electrons. The molecule has 1 atom stereocenters. The van der Waals surface area contributed by atoms with E-state index in [0.29, 0.717) is 5.91 Å². The third kappa shape index (κ3) is 2.02. The summed E-state index contributed by atoms with van der Waals surface area (Å²) in [7, 11) is 0. The minimum absolute atomic E-state index is 0.131. The molecule has 2 aliphatic heterocycles. The second kappa shape index (κ2) is 4.09. The molecule has 13 heavy (non-hydrogen) atoms. The Morgan fingerprint density at radius 2 is 1.92 bits per heavy atom. The fourth-order valence-electron chi connectivity index (χ4n) is 2.22. The van der Waals surface area contributed by atoms with E-state index in [1.807, 2.05) is 4.90 Å². The molecule has 0 aromatic rings. The molecule has 2 saturated heterocycles. The fourth-order valence-corrected chi connectivity index (χ4v) is 2.22. The van der Waals surface area contributed by atoms with Crippen LogP contribution in [0, 0.1) is 0 Å². The van der Waals surface area contributed by atoms with Crippen molar-refractivity contribution in [2.45, 2.75) is 38.1 Å². The van der Waals surface area contributed by atoms with Crippen LogP contribution in [0.4, 0.5) is 0 Å². The molecule has 2 rings (SSSR count). The number of carbonyl (C=O) groups is 1. The Morgan fingerprint density at radius 1 is 1.15 bits per heavy atom. The van der Waals surface area contributed by atoms with E-state index in [1.165, 1.54) is 25.7 Å². The molecule has 0 bridgehead atoms. The summed E-state index contributed by atoms with van der Waals surface area (Å²) in [4.78, 5) is 13.9. The third-order valence-electron chi connectivity index (χ3n) is 3.03. The lowest BCUT2D eigenvalue weighted by molar-refractivity contribution is -0.132. The van der Waals surface area contributed by atoms with E-state index in [2.05, 4.69) is 5.32 Å². The van der Waals surface area contributed by atoms with Crippen LogP contribution in [0.3, 0.4) is 0 Å². The molecule has 74 valence electrons. The first-order valence-electron chi connectivity index (χ1n) is 5.40. The van der Waals surface area contributed by atoms with E-state index in [9.17, 15) is 4.79 Å². The Hall–Kier alpha value is -0.570. The van der Waals surface area contributed by atoms with Crippen molar-refractivity contribution in [2.75, 3.05) is 19.6 Å². The van der Waals surface area contributed by atoms with Crippen LogP contribution in [-0.4, -0.2) is 36.5 Å². The number of amides is 1. The van der Waals surface area contributed by atoms with Crippen LogP contribution in [0.25, 0.3) is 0 Å². The molecule has 2 fully saturated rings. The summed E-state index contributed by atoms with van der Waals surface area (Å²) in [6, 6.07) is 0.131. The molecule has 0 unspecified atom stereocenters. The molecule has 1 amide bonds. The van der Waals surface area contributed by atoms with Crippen LogP contribution < -0.4 is 5.32 Å². The molecule has 2 heterocycles. The maximum absolute atomic E-state index is 11.9.